The highest BCUT2D eigenvalue weighted by Crippen LogP contribution is 2.12. The number of hydrogen-bond acceptors (Lipinski definition) is 2. The van der Waals surface area contributed by atoms with Crippen molar-refractivity contribution in [3.63, 3.8) is 0 Å². The quantitative estimate of drug-likeness (QED) is 0.655. The lowest BCUT2D eigenvalue weighted by atomic mass is 10.0. The monoisotopic (exact) mass is 173 g/mol. The van der Waals surface area contributed by atoms with Gasteiger partial charge in [0.2, 0.25) is 0 Å². The number of thioether (sulfide) groups is 1. The molecule has 0 bridgehead atoms. The minimum atomic E-state index is 0.836. The maximum Gasteiger partial charge on any atom is 0.00749 e. The molecule has 1 fully saturated rings. The number of rotatable bonds is 4. The first kappa shape index (κ1) is 9.40. The van der Waals surface area contributed by atoms with Crippen molar-refractivity contribution in [3.05, 3.63) is 0 Å². The Morgan fingerprint density at radius 2 is 2.36 bits per heavy atom. The molecule has 1 nitrogen and oxygen atoms in total. The highest BCUT2D eigenvalue weighted by Gasteiger charge is 2.10. The van der Waals surface area contributed by atoms with Crippen LogP contribution in [0, 0.1) is 0 Å². The van der Waals surface area contributed by atoms with Crippen molar-refractivity contribution >= 4 is 11.8 Å². The summed E-state index contributed by atoms with van der Waals surface area (Å²) in [5, 5.41) is 3.56. The molecule has 0 amide bonds. The van der Waals surface area contributed by atoms with Crippen LogP contribution in [0.4, 0.5) is 0 Å². The zero-order valence-electron chi connectivity index (χ0n) is 7.44. The average molecular weight is 173 g/mol. The molecule has 1 heterocycles. The smallest absolute Gasteiger partial charge is 0.00749 e. The van der Waals surface area contributed by atoms with Crippen molar-refractivity contribution in [1.82, 2.24) is 5.32 Å². The van der Waals surface area contributed by atoms with Gasteiger partial charge in [-0.3, -0.25) is 0 Å². The van der Waals surface area contributed by atoms with Gasteiger partial charge in [0.1, 0.15) is 0 Å². The number of nitrogens with one attached hydrogen (secondary N) is 1. The van der Waals surface area contributed by atoms with Gasteiger partial charge in [-0.2, -0.15) is 11.8 Å². The van der Waals surface area contributed by atoms with Gasteiger partial charge in [-0.15, -0.1) is 0 Å². The predicted molar refractivity (Wildman–Crippen MR) is 53.3 cm³/mol. The summed E-state index contributed by atoms with van der Waals surface area (Å²) in [5.74, 6) is 2.61. The van der Waals surface area contributed by atoms with Crippen LogP contribution < -0.4 is 5.32 Å². The van der Waals surface area contributed by atoms with Gasteiger partial charge in [-0.05, 0) is 37.3 Å². The average Bonchev–Trinajstić information content (AvgIpc) is 2.07. The van der Waals surface area contributed by atoms with E-state index >= 15 is 0 Å². The standard InChI is InChI=1S/C9H19NS/c1-2-11-8-6-9-5-3-4-7-10-9/h9-10H,2-8H2,1H3. The largest absolute Gasteiger partial charge is 0.314 e. The summed E-state index contributed by atoms with van der Waals surface area (Å²) in [6.07, 6.45) is 5.61. The molecular formula is C9H19NS. The zero-order valence-corrected chi connectivity index (χ0v) is 8.25. The first-order valence-corrected chi connectivity index (χ1v) is 5.90. The summed E-state index contributed by atoms with van der Waals surface area (Å²) in [5.41, 5.74) is 0. The normalized spacial score (nSPS) is 25.4. The molecule has 1 unspecified atom stereocenters. The molecule has 0 saturated carbocycles. The highest BCUT2D eigenvalue weighted by molar-refractivity contribution is 7.99. The molecule has 1 rings (SSSR count). The SMILES string of the molecule is CCSCCC1CCCCN1. The van der Waals surface area contributed by atoms with E-state index in [1.54, 1.807) is 0 Å². The molecule has 1 saturated heterocycles. The Bertz CT molecular complexity index is 89.6. The summed E-state index contributed by atoms with van der Waals surface area (Å²) < 4.78 is 0. The molecule has 1 aliphatic heterocycles. The molecule has 0 aromatic heterocycles. The van der Waals surface area contributed by atoms with Gasteiger partial charge in [0.15, 0.2) is 0 Å². The molecule has 0 aliphatic carbocycles. The first-order valence-electron chi connectivity index (χ1n) is 4.74. The fourth-order valence-electron chi connectivity index (χ4n) is 1.54. The van der Waals surface area contributed by atoms with E-state index in [0.717, 1.165) is 6.04 Å². The van der Waals surface area contributed by atoms with E-state index in [1.807, 2.05) is 0 Å². The fraction of sp³-hybridized carbons (Fsp3) is 1.00. The first-order chi connectivity index (χ1) is 5.43. The predicted octanol–water partition coefficient (Wildman–Crippen LogP) is 2.27. The second-order valence-electron chi connectivity index (χ2n) is 3.13. The zero-order chi connectivity index (χ0) is 7.94. The van der Waals surface area contributed by atoms with Crippen molar-refractivity contribution in [3.8, 4) is 0 Å². The molecule has 1 N–H and O–H groups in total. The van der Waals surface area contributed by atoms with Crippen LogP contribution in [0.15, 0.2) is 0 Å². The van der Waals surface area contributed by atoms with Gasteiger partial charge in [-0.25, -0.2) is 0 Å². The minimum Gasteiger partial charge on any atom is -0.314 e. The Kier molecular flexibility index (Phi) is 5.04. The third kappa shape index (κ3) is 4.02. The minimum absolute atomic E-state index is 0.836. The Labute approximate surface area is 74.3 Å². The van der Waals surface area contributed by atoms with Crippen molar-refractivity contribution in [2.24, 2.45) is 0 Å². The van der Waals surface area contributed by atoms with E-state index in [2.05, 4.69) is 24.0 Å². The molecule has 2 heteroatoms. The van der Waals surface area contributed by atoms with E-state index in [4.69, 9.17) is 0 Å². The Morgan fingerprint density at radius 3 is 3.00 bits per heavy atom. The van der Waals surface area contributed by atoms with Gasteiger partial charge in [0.25, 0.3) is 0 Å². The van der Waals surface area contributed by atoms with Crippen LogP contribution in [-0.2, 0) is 0 Å². The van der Waals surface area contributed by atoms with Crippen LogP contribution in [0.1, 0.15) is 32.6 Å². The fourth-order valence-corrected chi connectivity index (χ4v) is 2.28. The van der Waals surface area contributed by atoms with Crippen LogP contribution in [0.3, 0.4) is 0 Å². The Hall–Kier alpha value is 0.310. The van der Waals surface area contributed by atoms with Gasteiger partial charge in [0.05, 0.1) is 0 Å². The van der Waals surface area contributed by atoms with E-state index in [-0.39, 0.29) is 0 Å². The van der Waals surface area contributed by atoms with Crippen LogP contribution in [0.5, 0.6) is 0 Å². The number of hydrogen-bond donors (Lipinski definition) is 1. The molecule has 0 aromatic rings. The molecule has 1 atom stereocenters. The lowest BCUT2D eigenvalue weighted by Gasteiger charge is -2.22. The molecular weight excluding hydrogens is 154 g/mol. The number of piperidine rings is 1. The maximum absolute atomic E-state index is 3.56. The van der Waals surface area contributed by atoms with Crippen molar-refractivity contribution in [2.45, 2.75) is 38.6 Å². The summed E-state index contributed by atoms with van der Waals surface area (Å²) in [7, 11) is 0. The molecule has 0 radical (unpaired) electrons. The van der Waals surface area contributed by atoms with E-state index in [9.17, 15) is 0 Å². The lowest BCUT2D eigenvalue weighted by Crippen LogP contribution is -2.34. The summed E-state index contributed by atoms with van der Waals surface area (Å²) in [4.78, 5) is 0. The molecule has 1 aliphatic rings. The summed E-state index contributed by atoms with van der Waals surface area (Å²) >= 11 is 2.06. The molecule has 0 spiro atoms. The topological polar surface area (TPSA) is 12.0 Å². The van der Waals surface area contributed by atoms with Gasteiger partial charge < -0.3 is 5.32 Å². The summed E-state index contributed by atoms with van der Waals surface area (Å²) in [6.45, 7) is 3.49. The molecule has 66 valence electrons. The van der Waals surface area contributed by atoms with Gasteiger partial charge >= 0.3 is 0 Å². The highest BCUT2D eigenvalue weighted by atomic mass is 32.2. The van der Waals surface area contributed by atoms with Crippen LogP contribution in [-0.4, -0.2) is 24.1 Å². The van der Waals surface area contributed by atoms with Crippen LogP contribution in [0.25, 0.3) is 0 Å². The third-order valence-corrected chi connectivity index (χ3v) is 3.16. The van der Waals surface area contributed by atoms with Crippen molar-refractivity contribution in [2.75, 3.05) is 18.1 Å². The second-order valence-corrected chi connectivity index (χ2v) is 4.53. The third-order valence-electron chi connectivity index (χ3n) is 2.23. The second kappa shape index (κ2) is 5.90. The van der Waals surface area contributed by atoms with E-state index < -0.39 is 0 Å². The maximum atomic E-state index is 3.56. The summed E-state index contributed by atoms with van der Waals surface area (Å²) in [6, 6.07) is 0.836. The van der Waals surface area contributed by atoms with Crippen LogP contribution in [0.2, 0.25) is 0 Å². The Balaban J connectivity index is 1.96. The van der Waals surface area contributed by atoms with Crippen molar-refractivity contribution in [1.29, 1.82) is 0 Å². The van der Waals surface area contributed by atoms with Gasteiger partial charge in [-0.1, -0.05) is 13.3 Å². The van der Waals surface area contributed by atoms with Crippen molar-refractivity contribution < 1.29 is 0 Å². The molecule has 0 aromatic carbocycles. The van der Waals surface area contributed by atoms with E-state index in [1.165, 1.54) is 43.7 Å². The van der Waals surface area contributed by atoms with E-state index in [0.29, 0.717) is 0 Å². The van der Waals surface area contributed by atoms with Crippen LogP contribution >= 0.6 is 11.8 Å². The van der Waals surface area contributed by atoms with Gasteiger partial charge in [0, 0.05) is 6.04 Å². The molecule has 11 heavy (non-hydrogen) atoms. The lowest BCUT2D eigenvalue weighted by molar-refractivity contribution is 0.395. The Morgan fingerprint density at radius 1 is 1.45 bits per heavy atom.